The van der Waals surface area contributed by atoms with E-state index in [4.69, 9.17) is 5.11 Å². The van der Waals surface area contributed by atoms with E-state index in [-0.39, 0.29) is 31.1 Å². The molecule has 0 bridgehead atoms. The van der Waals surface area contributed by atoms with Crippen LogP contribution in [-0.2, 0) is 22.4 Å². The van der Waals surface area contributed by atoms with Gasteiger partial charge in [-0.2, -0.15) is 0 Å². The Balaban J connectivity index is 1.79. The Morgan fingerprint density at radius 2 is 1.75 bits per heavy atom. The zero-order chi connectivity index (χ0) is 20.1. The Kier molecular flexibility index (Phi) is 6.46. The third kappa shape index (κ3) is 4.98. The van der Waals surface area contributed by atoms with Crippen LogP contribution in [0.15, 0.2) is 24.3 Å². The third-order valence-electron chi connectivity index (χ3n) is 4.76. The summed E-state index contributed by atoms with van der Waals surface area (Å²) in [5.74, 6) is -1.40. The third-order valence-corrected chi connectivity index (χ3v) is 5.96. The van der Waals surface area contributed by atoms with Gasteiger partial charge in [0.15, 0.2) is 0 Å². The van der Waals surface area contributed by atoms with E-state index in [1.807, 2.05) is 31.2 Å². The SMILES string of the molecule is Cc1ccc(NC(=O)c2c(NC(=O)CCCC(=O)O)sc3c2CCCC3)cc1. The van der Waals surface area contributed by atoms with Crippen molar-refractivity contribution in [2.24, 2.45) is 0 Å². The molecule has 1 aliphatic rings. The molecule has 0 unspecified atom stereocenters. The summed E-state index contributed by atoms with van der Waals surface area (Å²) in [7, 11) is 0. The van der Waals surface area contributed by atoms with Crippen molar-refractivity contribution in [1.29, 1.82) is 0 Å². The van der Waals surface area contributed by atoms with Gasteiger partial charge in [-0.25, -0.2) is 0 Å². The van der Waals surface area contributed by atoms with Gasteiger partial charge < -0.3 is 15.7 Å². The lowest BCUT2D eigenvalue weighted by Gasteiger charge is -2.13. The molecule has 0 spiro atoms. The molecule has 2 amide bonds. The standard InChI is InChI=1S/C21H24N2O4S/c1-13-9-11-14(12-10-13)22-20(27)19-15-5-2-3-6-16(15)28-21(19)23-17(24)7-4-8-18(25)26/h9-12H,2-8H2,1H3,(H,22,27)(H,23,24)(H,25,26). The van der Waals surface area contributed by atoms with Crippen molar-refractivity contribution in [3.63, 3.8) is 0 Å². The number of thiophene rings is 1. The number of aryl methyl sites for hydroxylation is 2. The second-order valence-corrected chi connectivity index (χ2v) is 8.14. The molecule has 1 aliphatic carbocycles. The Hall–Kier alpha value is -2.67. The van der Waals surface area contributed by atoms with E-state index < -0.39 is 5.97 Å². The minimum atomic E-state index is -0.919. The minimum Gasteiger partial charge on any atom is -0.481 e. The number of aliphatic carboxylic acids is 1. The fourth-order valence-electron chi connectivity index (χ4n) is 3.31. The van der Waals surface area contributed by atoms with Gasteiger partial charge in [-0.15, -0.1) is 11.3 Å². The summed E-state index contributed by atoms with van der Waals surface area (Å²) in [5, 5.41) is 15.1. The number of hydrogen-bond acceptors (Lipinski definition) is 4. The van der Waals surface area contributed by atoms with Crippen LogP contribution in [0.4, 0.5) is 10.7 Å². The van der Waals surface area contributed by atoms with Crippen LogP contribution >= 0.6 is 11.3 Å². The van der Waals surface area contributed by atoms with Crippen molar-refractivity contribution >= 4 is 39.8 Å². The normalized spacial score (nSPS) is 12.9. The molecule has 0 fully saturated rings. The van der Waals surface area contributed by atoms with Gasteiger partial charge in [0, 0.05) is 23.4 Å². The molecular formula is C21H24N2O4S. The molecule has 0 radical (unpaired) electrons. The lowest BCUT2D eigenvalue weighted by atomic mass is 9.95. The van der Waals surface area contributed by atoms with Crippen molar-refractivity contribution in [2.45, 2.75) is 51.9 Å². The lowest BCUT2D eigenvalue weighted by molar-refractivity contribution is -0.137. The van der Waals surface area contributed by atoms with Gasteiger partial charge in [-0.1, -0.05) is 17.7 Å². The average molecular weight is 401 g/mol. The van der Waals surface area contributed by atoms with Crippen LogP contribution in [0.3, 0.4) is 0 Å². The number of amides is 2. The van der Waals surface area contributed by atoms with E-state index in [0.29, 0.717) is 16.3 Å². The second-order valence-electron chi connectivity index (χ2n) is 7.03. The van der Waals surface area contributed by atoms with E-state index >= 15 is 0 Å². The lowest BCUT2D eigenvalue weighted by Crippen LogP contribution is -2.18. The molecule has 1 aromatic carbocycles. The minimum absolute atomic E-state index is 0.0465. The van der Waals surface area contributed by atoms with Crippen LogP contribution in [0.2, 0.25) is 0 Å². The quantitative estimate of drug-likeness (QED) is 0.643. The smallest absolute Gasteiger partial charge is 0.303 e. The largest absolute Gasteiger partial charge is 0.481 e. The molecule has 0 aliphatic heterocycles. The van der Waals surface area contributed by atoms with Gasteiger partial charge in [0.05, 0.1) is 5.56 Å². The predicted molar refractivity (Wildman–Crippen MR) is 110 cm³/mol. The van der Waals surface area contributed by atoms with Crippen LogP contribution in [-0.4, -0.2) is 22.9 Å². The fraction of sp³-hybridized carbons (Fsp3) is 0.381. The summed E-state index contributed by atoms with van der Waals surface area (Å²) in [6, 6.07) is 7.58. The number of anilines is 2. The molecule has 7 heteroatoms. The van der Waals surface area contributed by atoms with Crippen LogP contribution in [0, 0.1) is 6.92 Å². The fourth-order valence-corrected chi connectivity index (χ4v) is 4.62. The van der Waals surface area contributed by atoms with Crippen LogP contribution in [0.1, 0.15) is 58.5 Å². The number of nitrogens with one attached hydrogen (secondary N) is 2. The zero-order valence-corrected chi connectivity index (χ0v) is 16.7. The summed E-state index contributed by atoms with van der Waals surface area (Å²) in [5.41, 5.74) is 3.40. The van der Waals surface area contributed by atoms with E-state index in [1.54, 1.807) is 0 Å². The van der Waals surface area contributed by atoms with Gasteiger partial charge in [0.1, 0.15) is 5.00 Å². The van der Waals surface area contributed by atoms with E-state index in [9.17, 15) is 14.4 Å². The molecule has 3 rings (SSSR count). The van der Waals surface area contributed by atoms with E-state index in [0.717, 1.165) is 41.7 Å². The molecule has 28 heavy (non-hydrogen) atoms. The molecule has 0 saturated heterocycles. The molecule has 3 N–H and O–H groups in total. The number of hydrogen-bond donors (Lipinski definition) is 3. The van der Waals surface area contributed by atoms with Crippen molar-refractivity contribution < 1.29 is 19.5 Å². The topological polar surface area (TPSA) is 95.5 Å². The van der Waals surface area contributed by atoms with Crippen LogP contribution in [0.5, 0.6) is 0 Å². The van der Waals surface area contributed by atoms with Crippen molar-refractivity contribution in [2.75, 3.05) is 10.6 Å². The molecule has 0 saturated carbocycles. The molecule has 0 atom stereocenters. The Morgan fingerprint density at radius 3 is 2.46 bits per heavy atom. The van der Waals surface area contributed by atoms with E-state index in [1.165, 1.54) is 11.3 Å². The van der Waals surface area contributed by atoms with Crippen molar-refractivity contribution in [3.8, 4) is 0 Å². The first-order valence-corrected chi connectivity index (χ1v) is 10.3. The Bertz CT molecular complexity index is 887. The van der Waals surface area contributed by atoms with Crippen LogP contribution < -0.4 is 10.6 Å². The number of carbonyl (C=O) groups excluding carboxylic acids is 2. The summed E-state index contributed by atoms with van der Waals surface area (Å²) >= 11 is 1.46. The average Bonchev–Trinajstić information content (AvgIpc) is 3.01. The number of benzene rings is 1. The number of carboxylic acids is 1. The van der Waals surface area contributed by atoms with Crippen molar-refractivity contribution in [3.05, 3.63) is 45.8 Å². The molecule has 1 aromatic heterocycles. The van der Waals surface area contributed by atoms with Gasteiger partial charge in [-0.3, -0.25) is 14.4 Å². The number of carbonyl (C=O) groups is 3. The van der Waals surface area contributed by atoms with E-state index in [2.05, 4.69) is 10.6 Å². The van der Waals surface area contributed by atoms with Gasteiger partial charge in [-0.05, 0) is 56.7 Å². The highest BCUT2D eigenvalue weighted by Gasteiger charge is 2.26. The van der Waals surface area contributed by atoms with Gasteiger partial charge in [0.2, 0.25) is 5.91 Å². The highest BCUT2D eigenvalue weighted by atomic mass is 32.1. The highest BCUT2D eigenvalue weighted by molar-refractivity contribution is 7.17. The molecule has 6 nitrogen and oxygen atoms in total. The number of rotatable bonds is 7. The summed E-state index contributed by atoms with van der Waals surface area (Å²) in [4.78, 5) is 37.0. The molecule has 2 aromatic rings. The number of fused-ring (bicyclic) bond motifs is 1. The second kappa shape index (κ2) is 9.01. The molecular weight excluding hydrogens is 376 g/mol. The predicted octanol–water partition coefficient (Wildman–Crippen LogP) is 4.38. The summed E-state index contributed by atoms with van der Waals surface area (Å²) in [6.45, 7) is 1.98. The zero-order valence-electron chi connectivity index (χ0n) is 15.8. The monoisotopic (exact) mass is 400 g/mol. The first-order valence-electron chi connectivity index (χ1n) is 9.48. The van der Waals surface area contributed by atoms with Crippen LogP contribution in [0.25, 0.3) is 0 Å². The molecule has 148 valence electrons. The maximum absolute atomic E-state index is 13.0. The first-order chi connectivity index (χ1) is 13.4. The maximum Gasteiger partial charge on any atom is 0.303 e. The van der Waals surface area contributed by atoms with Gasteiger partial charge in [0.25, 0.3) is 5.91 Å². The first kappa shape index (κ1) is 20.1. The highest BCUT2D eigenvalue weighted by Crippen LogP contribution is 2.38. The Morgan fingerprint density at radius 1 is 1.04 bits per heavy atom. The molecule has 1 heterocycles. The summed E-state index contributed by atoms with van der Waals surface area (Å²) < 4.78 is 0. The van der Waals surface area contributed by atoms with Crippen molar-refractivity contribution in [1.82, 2.24) is 0 Å². The summed E-state index contributed by atoms with van der Waals surface area (Å²) in [6.07, 6.45) is 4.20. The van der Waals surface area contributed by atoms with Gasteiger partial charge >= 0.3 is 5.97 Å². The Labute approximate surface area is 168 Å². The number of carboxylic acid groups (broad SMARTS) is 1. The maximum atomic E-state index is 13.0.